The van der Waals surface area contributed by atoms with Gasteiger partial charge in [0.2, 0.25) is 5.82 Å². The highest BCUT2D eigenvalue weighted by Gasteiger charge is 2.22. The maximum absolute atomic E-state index is 10.9. The van der Waals surface area contributed by atoms with Crippen LogP contribution in [0.25, 0.3) is 0 Å². The average molecular weight is 228 g/mol. The molecular formula is C9H16N4O3. The fourth-order valence-corrected chi connectivity index (χ4v) is 0.975. The van der Waals surface area contributed by atoms with E-state index < -0.39 is 12.1 Å². The third-order valence-electron chi connectivity index (χ3n) is 1.91. The second kappa shape index (κ2) is 4.56. The first-order chi connectivity index (χ1) is 7.34. The van der Waals surface area contributed by atoms with E-state index in [-0.39, 0.29) is 17.8 Å². The van der Waals surface area contributed by atoms with Crippen molar-refractivity contribution in [3.05, 3.63) is 5.82 Å². The minimum atomic E-state index is -1.08. The van der Waals surface area contributed by atoms with Gasteiger partial charge >= 0.3 is 5.97 Å². The van der Waals surface area contributed by atoms with E-state index in [9.17, 15) is 9.90 Å². The molecule has 16 heavy (non-hydrogen) atoms. The highest BCUT2D eigenvalue weighted by molar-refractivity contribution is 5.69. The van der Waals surface area contributed by atoms with E-state index in [4.69, 9.17) is 0 Å². The standard InChI is InChI=1S/C9H16N4O3/c1-9(2,3)13-11-8(10-12-13)6(14)5-7(15)16-4/h6,14H,5H2,1-4H3. The molecule has 0 aliphatic carbocycles. The number of rotatable bonds is 3. The first kappa shape index (κ1) is 12.6. The number of carbonyl (C=O) groups is 1. The molecule has 0 spiro atoms. The SMILES string of the molecule is COC(=O)CC(O)c1nnn(C(C)(C)C)n1. The second-order valence-electron chi connectivity index (χ2n) is 4.40. The molecule has 0 aliphatic heterocycles. The number of esters is 1. The molecule has 0 saturated heterocycles. The number of hydrogen-bond acceptors (Lipinski definition) is 6. The van der Waals surface area contributed by atoms with Crippen LogP contribution in [0.5, 0.6) is 0 Å². The normalized spacial score (nSPS) is 13.6. The lowest BCUT2D eigenvalue weighted by Gasteiger charge is -2.15. The summed E-state index contributed by atoms with van der Waals surface area (Å²) in [6.07, 6.45) is -1.25. The Labute approximate surface area is 93.4 Å². The van der Waals surface area contributed by atoms with Crippen LogP contribution in [0.1, 0.15) is 39.1 Å². The molecule has 1 aromatic heterocycles. The highest BCUT2D eigenvalue weighted by Crippen LogP contribution is 2.14. The topological polar surface area (TPSA) is 90.1 Å². The zero-order chi connectivity index (χ0) is 12.3. The molecule has 1 N–H and O–H groups in total. The monoisotopic (exact) mass is 228 g/mol. The first-order valence-electron chi connectivity index (χ1n) is 4.90. The maximum atomic E-state index is 10.9. The Hall–Kier alpha value is -1.50. The molecule has 7 nitrogen and oxygen atoms in total. The van der Waals surface area contributed by atoms with Gasteiger partial charge in [0.05, 0.1) is 19.1 Å². The van der Waals surface area contributed by atoms with Crippen LogP contribution in [-0.4, -0.2) is 38.4 Å². The molecule has 7 heteroatoms. The number of carbonyl (C=O) groups excluding carboxylic acids is 1. The molecule has 0 fully saturated rings. The molecule has 90 valence electrons. The zero-order valence-corrected chi connectivity index (χ0v) is 9.84. The predicted molar refractivity (Wildman–Crippen MR) is 54.4 cm³/mol. The lowest BCUT2D eigenvalue weighted by molar-refractivity contribution is -0.143. The van der Waals surface area contributed by atoms with Gasteiger partial charge in [-0.05, 0) is 26.0 Å². The van der Waals surface area contributed by atoms with Crippen LogP contribution in [0.3, 0.4) is 0 Å². The maximum Gasteiger partial charge on any atom is 0.308 e. The van der Waals surface area contributed by atoms with E-state index >= 15 is 0 Å². The van der Waals surface area contributed by atoms with E-state index in [1.807, 2.05) is 20.8 Å². The summed E-state index contributed by atoms with van der Waals surface area (Å²) in [5.41, 5.74) is -0.309. The van der Waals surface area contributed by atoms with Gasteiger partial charge in [-0.15, -0.1) is 10.2 Å². The average Bonchev–Trinajstić information content (AvgIpc) is 2.65. The van der Waals surface area contributed by atoms with Crippen LogP contribution in [0.4, 0.5) is 0 Å². The Kier molecular flexibility index (Phi) is 3.58. The van der Waals surface area contributed by atoms with Crippen LogP contribution in [0.15, 0.2) is 0 Å². The minimum Gasteiger partial charge on any atom is -0.469 e. The Morgan fingerprint density at radius 1 is 1.56 bits per heavy atom. The number of tetrazole rings is 1. The van der Waals surface area contributed by atoms with Gasteiger partial charge in [0.15, 0.2) is 0 Å². The van der Waals surface area contributed by atoms with Gasteiger partial charge in [-0.3, -0.25) is 4.79 Å². The molecule has 1 heterocycles. The van der Waals surface area contributed by atoms with Gasteiger partial charge in [0.1, 0.15) is 6.10 Å². The van der Waals surface area contributed by atoms with Gasteiger partial charge in [-0.2, -0.15) is 4.80 Å². The van der Waals surface area contributed by atoms with Gasteiger partial charge in [0, 0.05) is 0 Å². The molecule has 1 aromatic rings. The summed E-state index contributed by atoms with van der Waals surface area (Å²) in [7, 11) is 1.26. The summed E-state index contributed by atoms with van der Waals surface area (Å²) < 4.78 is 4.43. The first-order valence-corrected chi connectivity index (χ1v) is 4.90. The molecule has 0 saturated carbocycles. The van der Waals surface area contributed by atoms with Crippen molar-refractivity contribution in [2.75, 3.05) is 7.11 Å². The third kappa shape index (κ3) is 2.99. The summed E-state index contributed by atoms with van der Waals surface area (Å²) in [6, 6.07) is 0. The molecule has 1 rings (SSSR count). The molecular weight excluding hydrogens is 212 g/mol. The summed E-state index contributed by atoms with van der Waals surface area (Å²) in [4.78, 5) is 12.3. The van der Waals surface area contributed by atoms with E-state index in [1.165, 1.54) is 11.9 Å². The minimum absolute atomic E-state index is 0.125. The van der Waals surface area contributed by atoms with Crippen LogP contribution in [-0.2, 0) is 15.1 Å². The lowest BCUT2D eigenvalue weighted by atomic mass is 10.1. The van der Waals surface area contributed by atoms with Crippen molar-refractivity contribution >= 4 is 5.97 Å². The molecule has 1 unspecified atom stereocenters. The fourth-order valence-electron chi connectivity index (χ4n) is 0.975. The van der Waals surface area contributed by atoms with Crippen molar-refractivity contribution in [3.8, 4) is 0 Å². The number of methoxy groups -OCH3 is 1. The van der Waals surface area contributed by atoms with Gasteiger partial charge < -0.3 is 9.84 Å². The number of ether oxygens (including phenoxy) is 1. The van der Waals surface area contributed by atoms with Gasteiger partial charge in [-0.1, -0.05) is 0 Å². The Bertz CT molecular complexity index is 369. The number of aromatic nitrogens is 4. The molecule has 0 aromatic carbocycles. The van der Waals surface area contributed by atoms with E-state index in [0.29, 0.717) is 0 Å². The second-order valence-corrected chi connectivity index (χ2v) is 4.40. The van der Waals surface area contributed by atoms with Crippen molar-refractivity contribution < 1.29 is 14.6 Å². The summed E-state index contributed by atoms with van der Waals surface area (Å²) in [5.74, 6) is -0.389. The summed E-state index contributed by atoms with van der Waals surface area (Å²) in [5, 5.41) is 21.1. The predicted octanol–water partition coefficient (Wildman–Crippen LogP) is 0.0246. The van der Waals surface area contributed by atoms with Crippen molar-refractivity contribution in [2.24, 2.45) is 0 Å². The number of aliphatic hydroxyl groups is 1. The number of aliphatic hydroxyl groups excluding tert-OH is 1. The van der Waals surface area contributed by atoms with Crippen LogP contribution in [0, 0.1) is 0 Å². The zero-order valence-electron chi connectivity index (χ0n) is 9.84. The van der Waals surface area contributed by atoms with Crippen molar-refractivity contribution in [3.63, 3.8) is 0 Å². The Morgan fingerprint density at radius 3 is 2.62 bits per heavy atom. The van der Waals surface area contributed by atoms with Crippen LogP contribution < -0.4 is 0 Å². The van der Waals surface area contributed by atoms with Crippen molar-refractivity contribution in [1.82, 2.24) is 20.2 Å². The molecule has 0 amide bonds. The van der Waals surface area contributed by atoms with Crippen LogP contribution in [0.2, 0.25) is 0 Å². The van der Waals surface area contributed by atoms with E-state index in [2.05, 4.69) is 20.1 Å². The van der Waals surface area contributed by atoms with Crippen LogP contribution >= 0.6 is 0 Å². The Balaban J connectivity index is 2.74. The third-order valence-corrected chi connectivity index (χ3v) is 1.91. The molecule has 0 radical (unpaired) electrons. The quantitative estimate of drug-likeness (QED) is 0.734. The summed E-state index contributed by atoms with van der Waals surface area (Å²) in [6.45, 7) is 5.72. The number of nitrogens with zero attached hydrogens (tertiary/aromatic N) is 4. The lowest BCUT2D eigenvalue weighted by Crippen LogP contribution is -2.25. The smallest absolute Gasteiger partial charge is 0.308 e. The van der Waals surface area contributed by atoms with Crippen molar-refractivity contribution in [1.29, 1.82) is 0 Å². The largest absolute Gasteiger partial charge is 0.469 e. The molecule has 1 atom stereocenters. The summed E-state index contributed by atoms with van der Waals surface area (Å²) >= 11 is 0. The molecule has 0 bridgehead atoms. The van der Waals surface area contributed by atoms with E-state index in [0.717, 1.165) is 0 Å². The van der Waals surface area contributed by atoms with E-state index in [1.54, 1.807) is 0 Å². The number of hydrogen-bond donors (Lipinski definition) is 1. The fraction of sp³-hybridized carbons (Fsp3) is 0.778. The highest BCUT2D eigenvalue weighted by atomic mass is 16.5. The van der Waals surface area contributed by atoms with Crippen molar-refractivity contribution in [2.45, 2.75) is 38.8 Å². The molecule has 0 aliphatic rings. The van der Waals surface area contributed by atoms with Gasteiger partial charge in [0.25, 0.3) is 0 Å². The Morgan fingerprint density at radius 2 is 2.19 bits per heavy atom. The van der Waals surface area contributed by atoms with Gasteiger partial charge in [-0.25, -0.2) is 0 Å².